The topological polar surface area (TPSA) is 37.4 Å². The second kappa shape index (κ2) is 3.20. The van der Waals surface area contributed by atoms with E-state index >= 15 is 0 Å². The molecule has 0 aromatic carbocycles. The van der Waals surface area contributed by atoms with E-state index in [1.165, 1.54) is 19.3 Å². The highest BCUT2D eigenvalue weighted by molar-refractivity contribution is 7.93. The maximum atomic E-state index is 11.8. The first kappa shape index (κ1) is 10.1. The minimum absolute atomic E-state index is 0.0168. The maximum Gasteiger partial charge on any atom is 0.156 e. The van der Waals surface area contributed by atoms with Gasteiger partial charge < -0.3 is 0 Å². The maximum absolute atomic E-state index is 11.8. The van der Waals surface area contributed by atoms with Crippen LogP contribution in [0.25, 0.3) is 0 Å². The molecule has 0 aromatic rings. The molecule has 0 bridgehead atoms. The zero-order chi connectivity index (χ0) is 10.5. The lowest BCUT2D eigenvalue weighted by molar-refractivity contribution is 0.0783. The van der Waals surface area contributed by atoms with Gasteiger partial charge in [0.05, 0.1) is 16.5 Å². The van der Waals surface area contributed by atoms with Crippen LogP contribution in [-0.2, 0) is 9.84 Å². The van der Waals surface area contributed by atoms with E-state index in [1.807, 2.05) is 0 Å². The molecule has 0 spiro atoms. The molecule has 0 radical (unpaired) electrons. The quantitative estimate of drug-likeness (QED) is 0.678. The van der Waals surface area contributed by atoms with E-state index < -0.39 is 9.84 Å². The highest BCUT2D eigenvalue weighted by atomic mass is 32.2. The molecule has 4 heteroatoms. The summed E-state index contributed by atoms with van der Waals surface area (Å²) in [4.78, 5) is 2.48. The zero-order valence-electron chi connectivity index (χ0n) is 9.11. The van der Waals surface area contributed by atoms with Crippen LogP contribution in [0.15, 0.2) is 0 Å². The van der Waals surface area contributed by atoms with Gasteiger partial charge in [0.25, 0.3) is 0 Å². The summed E-state index contributed by atoms with van der Waals surface area (Å²) in [7, 11) is -2.72. The first-order chi connectivity index (χ1) is 7.15. The molecule has 1 aliphatic carbocycles. The van der Waals surface area contributed by atoms with Crippen molar-refractivity contribution in [3.8, 4) is 0 Å². The number of nitrogens with zero attached hydrogens (tertiary/aromatic N) is 1. The van der Waals surface area contributed by atoms with Gasteiger partial charge in [-0.2, -0.15) is 0 Å². The monoisotopic (exact) mass is 229 g/mol. The molecule has 0 N–H and O–H groups in total. The lowest BCUT2D eigenvalue weighted by atomic mass is 9.80. The van der Waals surface area contributed by atoms with E-state index in [4.69, 9.17) is 0 Å². The van der Waals surface area contributed by atoms with Crippen molar-refractivity contribution >= 4 is 9.84 Å². The number of sulfone groups is 1. The van der Waals surface area contributed by atoms with E-state index in [0.717, 1.165) is 32.4 Å². The number of hydrogen-bond donors (Lipinski definition) is 0. The van der Waals surface area contributed by atoms with Crippen molar-refractivity contribution in [3.63, 3.8) is 0 Å². The van der Waals surface area contributed by atoms with E-state index in [1.54, 1.807) is 0 Å². The minimum Gasteiger partial charge on any atom is -0.295 e. The Kier molecular flexibility index (Phi) is 2.15. The van der Waals surface area contributed by atoms with Crippen LogP contribution in [-0.4, -0.2) is 42.9 Å². The van der Waals surface area contributed by atoms with Crippen LogP contribution >= 0.6 is 0 Å². The molecule has 2 aliphatic heterocycles. The van der Waals surface area contributed by atoms with E-state index in [-0.39, 0.29) is 10.8 Å². The fourth-order valence-corrected chi connectivity index (χ4v) is 6.51. The third-order valence-electron chi connectivity index (χ3n) is 4.55. The Bertz CT molecular complexity index is 359. The summed E-state index contributed by atoms with van der Waals surface area (Å²) in [6.45, 7) is 2.26. The van der Waals surface area contributed by atoms with Crippen LogP contribution in [0.5, 0.6) is 0 Å². The van der Waals surface area contributed by atoms with Crippen molar-refractivity contribution in [2.24, 2.45) is 0 Å². The normalized spacial score (nSPS) is 44.7. The summed E-state index contributed by atoms with van der Waals surface area (Å²) < 4.78 is 23.6. The fraction of sp³-hybridized carbons (Fsp3) is 1.00. The van der Waals surface area contributed by atoms with Gasteiger partial charge in [0, 0.05) is 0 Å². The number of likely N-dealkylation sites (tertiary alicyclic amines) is 1. The van der Waals surface area contributed by atoms with E-state index in [2.05, 4.69) is 4.90 Å². The Morgan fingerprint density at radius 2 is 1.80 bits per heavy atom. The van der Waals surface area contributed by atoms with Crippen molar-refractivity contribution in [2.75, 3.05) is 18.8 Å². The van der Waals surface area contributed by atoms with Crippen LogP contribution in [0.3, 0.4) is 0 Å². The van der Waals surface area contributed by atoms with Crippen LogP contribution in [0.4, 0.5) is 0 Å². The van der Waals surface area contributed by atoms with Gasteiger partial charge in [-0.1, -0.05) is 12.8 Å². The van der Waals surface area contributed by atoms with Gasteiger partial charge in [0.1, 0.15) is 0 Å². The minimum atomic E-state index is -2.72. The van der Waals surface area contributed by atoms with Crippen molar-refractivity contribution < 1.29 is 8.42 Å². The molecule has 2 atom stereocenters. The molecule has 3 aliphatic rings. The molecule has 0 aromatic heterocycles. The smallest absolute Gasteiger partial charge is 0.156 e. The predicted octanol–water partition coefficient (Wildman–Crippen LogP) is 1.19. The zero-order valence-corrected chi connectivity index (χ0v) is 9.93. The summed E-state index contributed by atoms with van der Waals surface area (Å²) in [5.74, 6) is 0.449. The summed E-state index contributed by atoms with van der Waals surface area (Å²) >= 11 is 0. The van der Waals surface area contributed by atoms with Gasteiger partial charge in [0.2, 0.25) is 0 Å². The van der Waals surface area contributed by atoms with Gasteiger partial charge in [-0.05, 0) is 38.8 Å². The summed E-state index contributed by atoms with van der Waals surface area (Å²) in [6, 6.07) is 0. The molecule has 3 rings (SSSR count). The molecule has 3 nitrogen and oxygen atoms in total. The van der Waals surface area contributed by atoms with Crippen molar-refractivity contribution in [1.82, 2.24) is 4.90 Å². The summed E-state index contributed by atoms with van der Waals surface area (Å²) in [5.41, 5.74) is 0.0770. The molecular weight excluding hydrogens is 210 g/mol. The van der Waals surface area contributed by atoms with E-state index in [9.17, 15) is 8.42 Å². The Hall–Kier alpha value is -0.0900. The molecule has 3 fully saturated rings. The van der Waals surface area contributed by atoms with Gasteiger partial charge >= 0.3 is 0 Å². The predicted molar refractivity (Wildman–Crippen MR) is 59.6 cm³/mol. The molecular formula is C11H19NO2S. The second-order valence-electron chi connectivity index (χ2n) is 5.34. The van der Waals surface area contributed by atoms with Crippen LogP contribution in [0.1, 0.15) is 38.5 Å². The molecule has 1 saturated carbocycles. The average molecular weight is 229 g/mol. The van der Waals surface area contributed by atoms with Crippen molar-refractivity contribution in [2.45, 2.75) is 49.3 Å². The lowest BCUT2D eigenvalue weighted by Gasteiger charge is -2.56. The summed E-state index contributed by atoms with van der Waals surface area (Å²) in [6.07, 6.45) is 6.89. The Morgan fingerprint density at radius 3 is 2.47 bits per heavy atom. The third kappa shape index (κ3) is 1.30. The summed E-state index contributed by atoms with van der Waals surface area (Å²) in [5, 5.41) is -0.0168. The van der Waals surface area contributed by atoms with Crippen molar-refractivity contribution in [1.29, 1.82) is 0 Å². The SMILES string of the molecule is O=S1(=O)C[C@]2(N3CCCC3)CCCC[C@H]21. The van der Waals surface area contributed by atoms with Gasteiger partial charge in [0.15, 0.2) is 9.84 Å². The average Bonchev–Trinajstić information content (AvgIpc) is 2.69. The Balaban J connectivity index is 1.89. The first-order valence-electron chi connectivity index (χ1n) is 6.12. The standard InChI is InChI=1S/C11H19NO2S/c13-15(14)9-11(12-7-3-4-8-12)6-2-1-5-10(11)15/h10H,1-9H2/t10-,11-/m1/s1. The van der Waals surface area contributed by atoms with Crippen LogP contribution < -0.4 is 0 Å². The fourth-order valence-electron chi connectivity index (χ4n) is 3.83. The van der Waals surface area contributed by atoms with Gasteiger partial charge in [-0.3, -0.25) is 4.90 Å². The molecule has 86 valence electrons. The van der Waals surface area contributed by atoms with Gasteiger partial charge in [-0.15, -0.1) is 0 Å². The molecule has 2 saturated heterocycles. The highest BCUT2D eigenvalue weighted by Gasteiger charge is 2.61. The Morgan fingerprint density at radius 1 is 1.07 bits per heavy atom. The molecule has 15 heavy (non-hydrogen) atoms. The second-order valence-corrected chi connectivity index (χ2v) is 7.52. The van der Waals surface area contributed by atoms with Crippen molar-refractivity contribution in [3.05, 3.63) is 0 Å². The van der Waals surface area contributed by atoms with Gasteiger partial charge in [-0.25, -0.2) is 8.42 Å². The Labute approximate surface area is 91.8 Å². The number of rotatable bonds is 1. The van der Waals surface area contributed by atoms with Crippen LogP contribution in [0.2, 0.25) is 0 Å². The highest BCUT2D eigenvalue weighted by Crippen LogP contribution is 2.48. The number of fused-ring (bicyclic) bond motifs is 1. The van der Waals surface area contributed by atoms with Crippen LogP contribution in [0, 0.1) is 0 Å². The number of hydrogen-bond acceptors (Lipinski definition) is 3. The molecule has 0 unspecified atom stereocenters. The lowest BCUT2D eigenvalue weighted by Crippen LogP contribution is -2.72. The largest absolute Gasteiger partial charge is 0.295 e. The molecule has 2 heterocycles. The first-order valence-corrected chi connectivity index (χ1v) is 7.83. The molecule has 0 amide bonds. The van der Waals surface area contributed by atoms with E-state index in [0.29, 0.717) is 5.75 Å². The third-order valence-corrected chi connectivity index (χ3v) is 6.99.